The second-order valence-corrected chi connectivity index (χ2v) is 12.7. The molecule has 1 N–H and O–H groups in total. The van der Waals surface area contributed by atoms with Crippen molar-refractivity contribution in [2.75, 3.05) is 26.2 Å². The molecule has 3 aromatic rings. The highest BCUT2D eigenvalue weighted by Gasteiger charge is 2.24. The van der Waals surface area contributed by atoms with Crippen molar-refractivity contribution >= 4 is 33.7 Å². The second kappa shape index (κ2) is 14.5. The Morgan fingerprint density at radius 3 is 1.59 bits per heavy atom. The van der Waals surface area contributed by atoms with Gasteiger partial charge >= 0.3 is 12.2 Å². The zero-order valence-corrected chi connectivity index (χ0v) is 25.7. The van der Waals surface area contributed by atoms with Crippen LogP contribution < -0.4 is 0 Å². The minimum Gasteiger partial charge on any atom is -0.444 e. The molecule has 0 atom stereocenters. The van der Waals surface area contributed by atoms with Crippen molar-refractivity contribution in [3.8, 4) is 0 Å². The van der Waals surface area contributed by atoms with E-state index in [1.807, 2.05) is 70.7 Å². The van der Waals surface area contributed by atoms with Crippen LogP contribution in [0.2, 0.25) is 0 Å². The van der Waals surface area contributed by atoms with E-state index < -0.39 is 11.2 Å². The number of aliphatic hydroxyl groups excluding tert-OH is 1. The van der Waals surface area contributed by atoms with E-state index in [0.29, 0.717) is 32.6 Å². The van der Waals surface area contributed by atoms with Crippen LogP contribution >= 0.6 is 0 Å². The number of benzene rings is 3. The molecule has 0 saturated heterocycles. The number of unbranched alkanes of at least 4 members (excludes halogenated alkanes) is 3. The quantitative estimate of drug-likeness (QED) is 0.179. The van der Waals surface area contributed by atoms with Crippen molar-refractivity contribution in [1.82, 2.24) is 9.80 Å². The van der Waals surface area contributed by atoms with Gasteiger partial charge in [-0.2, -0.15) is 0 Å². The molecule has 0 saturated carbocycles. The summed E-state index contributed by atoms with van der Waals surface area (Å²) in [7, 11) is 0. The van der Waals surface area contributed by atoms with Gasteiger partial charge in [-0.05, 0) is 107 Å². The Balaban J connectivity index is 1.72. The van der Waals surface area contributed by atoms with Crippen molar-refractivity contribution in [2.24, 2.45) is 0 Å². The second-order valence-electron chi connectivity index (χ2n) is 12.7. The van der Waals surface area contributed by atoms with Crippen LogP contribution in [-0.2, 0) is 16.0 Å². The van der Waals surface area contributed by atoms with E-state index in [2.05, 4.69) is 30.3 Å². The van der Waals surface area contributed by atoms with E-state index in [-0.39, 0.29) is 18.8 Å². The molecule has 224 valence electrons. The highest BCUT2D eigenvalue weighted by Crippen LogP contribution is 2.30. The summed E-state index contributed by atoms with van der Waals surface area (Å²) in [6.45, 7) is 13.5. The molecule has 0 aromatic heterocycles. The van der Waals surface area contributed by atoms with Gasteiger partial charge in [0, 0.05) is 26.2 Å². The highest BCUT2D eigenvalue weighted by atomic mass is 16.6. The van der Waals surface area contributed by atoms with Crippen molar-refractivity contribution < 1.29 is 24.2 Å². The molecule has 7 heteroatoms. The average molecular weight is 565 g/mol. The third-order valence-corrected chi connectivity index (χ3v) is 6.73. The number of fused-ring (bicyclic) bond motifs is 2. The smallest absolute Gasteiger partial charge is 0.410 e. The third kappa shape index (κ3) is 10.2. The molecule has 0 aliphatic rings. The van der Waals surface area contributed by atoms with Gasteiger partial charge in [-0.25, -0.2) is 9.59 Å². The molecular weight excluding hydrogens is 516 g/mol. The lowest BCUT2D eigenvalue weighted by Crippen LogP contribution is -2.38. The molecule has 0 aliphatic carbocycles. The molecule has 0 bridgehead atoms. The predicted octanol–water partition coefficient (Wildman–Crippen LogP) is 7.91. The number of carbonyl (C=O) groups is 2. The molecule has 41 heavy (non-hydrogen) atoms. The van der Waals surface area contributed by atoms with Gasteiger partial charge in [-0.1, -0.05) is 48.5 Å². The highest BCUT2D eigenvalue weighted by molar-refractivity contribution is 6.02. The SMILES string of the molecule is CC(C)(C)OC(=O)N(CCCCO)CCCCCN(Cc1c2ccccc2cc2ccccc12)C(=O)OC(C)(C)C. The average Bonchev–Trinajstić information content (AvgIpc) is 2.88. The van der Waals surface area contributed by atoms with Crippen LogP contribution in [0.4, 0.5) is 9.59 Å². The van der Waals surface area contributed by atoms with E-state index in [1.165, 1.54) is 0 Å². The first-order valence-corrected chi connectivity index (χ1v) is 14.8. The number of amides is 2. The van der Waals surface area contributed by atoms with Gasteiger partial charge in [0.15, 0.2) is 0 Å². The summed E-state index contributed by atoms with van der Waals surface area (Å²) in [5.41, 5.74) is -0.0467. The van der Waals surface area contributed by atoms with Crippen LogP contribution in [0.3, 0.4) is 0 Å². The number of rotatable bonds is 12. The Hall–Kier alpha value is -3.32. The maximum atomic E-state index is 13.4. The van der Waals surface area contributed by atoms with Gasteiger partial charge in [-0.15, -0.1) is 0 Å². The first-order chi connectivity index (χ1) is 19.4. The van der Waals surface area contributed by atoms with E-state index in [0.717, 1.165) is 52.8 Å². The van der Waals surface area contributed by atoms with Gasteiger partial charge in [0.2, 0.25) is 0 Å². The van der Waals surface area contributed by atoms with E-state index in [4.69, 9.17) is 14.6 Å². The first-order valence-electron chi connectivity index (χ1n) is 14.8. The fraction of sp³-hybridized carbons (Fsp3) is 0.529. The standard InChI is InChI=1S/C34H48N2O5/c1-33(2,3)40-31(38)35(21-14-15-23-37)20-12-7-13-22-36(32(39)41-34(4,5)6)25-30-28-18-10-8-16-26(28)24-27-17-9-11-19-29(27)30/h8-11,16-19,24,37H,7,12-15,20-23,25H2,1-6H3. The Morgan fingerprint density at radius 2 is 1.10 bits per heavy atom. The lowest BCUT2D eigenvalue weighted by atomic mass is 9.96. The largest absolute Gasteiger partial charge is 0.444 e. The summed E-state index contributed by atoms with van der Waals surface area (Å²) in [5.74, 6) is 0. The van der Waals surface area contributed by atoms with E-state index in [9.17, 15) is 9.59 Å². The molecule has 3 aromatic carbocycles. The summed E-state index contributed by atoms with van der Waals surface area (Å²) in [6, 6.07) is 18.8. The van der Waals surface area contributed by atoms with Crippen molar-refractivity contribution in [3.63, 3.8) is 0 Å². The Kier molecular flexibility index (Phi) is 11.4. The zero-order chi connectivity index (χ0) is 30.0. The lowest BCUT2D eigenvalue weighted by molar-refractivity contribution is 0.0230. The molecule has 0 unspecified atom stereocenters. The topological polar surface area (TPSA) is 79.3 Å². The molecule has 0 spiro atoms. The van der Waals surface area contributed by atoms with Crippen molar-refractivity contribution in [1.29, 1.82) is 0 Å². The van der Waals surface area contributed by atoms with Gasteiger partial charge in [-0.3, -0.25) is 0 Å². The van der Waals surface area contributed by atoms with Crippen LogP contribution in [0.5, 0.6) is 0 Å². The van der Waals surface area contributed by atoms with Crippen LogP contribution in [0.25, 0.3) is 21.5 Å². The fourth-order valence-electron chi connectivity index (χ4n) is 4.85. The summed E-state index contributed by atoms with van der Waals surface area (Å²) < 4.78 is 11.4. The maximum absolute atomic E-state index is 13.4. The summed E-state index contributed by atoms with van der Waals surface area (Å²) in [4.78, 5) is 29.7. The molecule has 2 amide bonds. The molecule has 0 fully saturated rings. The molecule has 0 aliphatic heterocycles. The molecule has 7 nitrogen and oxygen atoms in total. The van der Waals surface area contributed by atoms with Gasteiger partial charge in [0.05, 0.1) is 6.54 Å². The summed E-state index contributed by atoms with van der Waals surface area (Å²) in [5, 5.41) is 13.7. The number of hydrogen-bond donors (Lipinski definition) is 1. The summed E-state index contributed by atoms with van der Waals surface area (Å²) in [6.07, 6.45) is 3.13. The van der Waals surface area contributed by atoms with Crippen LogP contribution in [-0.4, -0.2) is 64.5 Å². The van der Waals surface area contributed by atoms with Gasteiger partial charge < -0.3 is 24.4 Å². The normalized spacial score (nSPS) is 12.0. The van der Waals surface area contributed by atoms with E-state index in [1.54, 1.807) is 4.90 Å². The number of carbonyl (C=O) groups excluding carboxylic acids is 2. The minimum atomic E-state index is -0.599. The van der Waals surface area contributed by atoms with Crippen LogP contribution in [0.15, 0.2) is 54.6 Å². The Labute approximate surface area is 245 Å². The monoisotopic (exact) mass is 564 g/mol. The fourth-order valence-corrected chi connectivity index (χ4v) is 4.85. The Bertz CT molecular complexity index is 1240. The molecular formula is C34H48N2O5. The maximum Gasteiger partial charge on any atom is 0.410 e. The van der Waals surface area contributed by atoms with Crippen LogP contribution in [0, 0.1) is 0 Å². The lowest BCUT2D eigenvalue weighted by Gasteiger charge is -2.29. The predicted molar refractivity (Wildman–Crippen MR) is 166 cm³/mol. The van der Waals surface area contributed by atoms with E-state index >= 15 is 0 Å². The third-order valence-electron chi connectivity index (χ3n) is 6.73. The van der Waals surface area contributed by atoms with Crippen molar-refractivity contribution in [3.05, 3.63) is 60.2 Å². The summed E-state index contributed by atoms with van der Waals surface area (Å²) >= 11 is 0. The van der Waals surface area contributed by atoms with Gasteiger partial charge in [0.1, 0.15) is 11.2 Å². The minimum absolute atomic E-state index is 0.106. The number of hydrogen-bond acceptors (Lipinski definition) is 5. The van der Waals surface area contributed by atoms with Crippen molar-refractivity contribution in [2.45, 2.75) is 91.4 Å². The Morgan fingerprint density at radius 1 is 0.659 bits per heavy atom. The zero-order valence-electron chi connectivity index (χ0n) is 25.7. The molecule has 0 radical (unpaired) electrons. The first kappa shape index (κ1) is 32.2. The number of aliphatic hydroxyl groups is 1. The number of nitrogens with zero attached hydrogens (tertiary/aromatic N) is 2. The van der Waals surface area contributed by atoms with Gasteiger partial charge in [0.25, 0.3) is 0 Å². The molecule has 0 heterocycles. The van der Waals surface area contributed by atoms with Crippen LogP contribution in [0.1, 0.15) is 79.2 Å². The number of ether oxygens (including phenoxy) is 2. The molecule has 3 rings (SSSR count).